The molecule has 2 N–H and O–H groups in total. The zero-order chi connectivity index (χ0) is 13.3. The normalized spacial score (nSPS) is 10.6. The monoisotopic (exact) mass is 243 g/mol. The maximum absolute atomic E-state index is 11.7. The summed E-state index contributed by atoms with van der Waals surface area (Å²) in [6.07, 6.45) is 0. The van der Waals surface area contributed by atoms with E-state index in [1.807, 2.05) is 32.9 Å². The summed E-state index contributed by atoms with van der Waals surface area (Å²) in [5.41, 5.74) is 9.83. The third kappa shape index (κ3) is 2.14. The van der Waals surface area contributed by atoms with Crippen LogP contribution in [0.15, 0.2) is 29.1 Å². The third-order valence-corrected chi connectivity index (χ3v) is 2.96. The predicted molar refractivity (Wildman–Crippen MR) is 73.5 cm³/mol. The molecule has 1 heterocycles. The Labute approximate surface area is 106 Å². The standard InChI is InChI=1S/C14H17N3O/c1-4-17-14(18)12(15)8-13(16-17)11-6-5-9(2)7-10(11)3/h5-8H,4,15H2,1-3H3. The van der Waals surface area contributed by atoms with Gasteiger partial charge in [0.2, 0.25) is 0 Å². The fourth-order valence-corrected chi connectivity index (χ4v) is 2.01. The van der Waals surface area contributed by atoms with Gasteiger partial charge in [-0.15, -0.1) is 0 Å². The number of hydrogen-bond acceptors (Lipinski definition) is 3. The quantitative estimate of drug-likeness (QED) is 0.879. The van der Waals surface area contributed by atoms with Crippen molar-refractivity contribution in [2.24, 2.45) is 0 Å². The number of nitrogens with two attached hydrogens (primary N) is 1. The second-order valence-electron chi connectivity index (χ2n) is 4.42. The number of benzene rings is 1. The highest BCUT2D eigenvalue weighted by Gasteiger charge is 2.08. The average molecular weight is 243 g/mol. The van der Waals surface area contributed by atoms with Crippen LogP contribution < -0.4 is 11.3 Å². The minimum absolute atomic E-state index is 0.231. The van der Waals surface area contributed by atoms with Crippen molar-refractivity contribution in [3.8, 4) is 11.3 Å². The first-order chi connectivity index (χ1) is 8.52. The lowest BCUT2D eigenvalue weighted by atomic mass is 10.0. The second kappa shape index (κ2) is 4.64. The summed E-state index contributed by atoms with van der Waals surface area (Å²) in [7, 11) is 0. The largest absolute Gasteiger partial charge is 0.394 e. The Morgan fingerprint density at radius 2 is 2.00 bits per heavy atom. The molecule has 0 unspecified atom stereocenters. The van der Waals surface area contributed by atoms with Crippen LogP contribution in [-0.4, -0.2) is 9.78 Å². The van der Waals surface area contributed by atoms with Crippen molar-refractivity contribution in [2.45, 2.75) is 27.3 Å². The summed E-state index contributed by atoms with van der Waals surface area (Å²) in [6, 6.07) is 7.78. The van der Waals surface area contributed by atoms with Gasteiger partial charge in [-0.05, 0) is 32.4 Å². The lowest BCUT2D eigenvalue weighted by molar-refractivity contribution is 0.621. The molecular formula is C14H17N3O. The van der Waals surface area contributed by atoms with Crippen LogP contribution in [-0.2, 0) is 6.54 Å². The molecule has 0 aliphatic heterocycles. The fraction of sp³-hybridized carbons (Fsp3) is 0.286. The second-order valence-corrected chi connectivity index (χ2v) is 4.42. The van der Waals surface area contributed by atoms with E-state index in [1.165, 1.54) is 10.2 Å². The first-order valence-corrected chi connectivity index (χ1v) is 5.98. The van der Waals surface area contributed by atoms with Gasteiger partial charge in [0.05, 0.1) is 5.69 Å². The van der Waals surface area contributed by atoms with Crippen molar-refractivity contribution in [3.05, 3.63) is 45.7 Å². The van der Waals surface area contributed by atoms with E-state index < -0.39 is 0 Å². The Morgan fingerprint density at radius 3 is 2.61 bits per heavy atom. The van der Waals surface area contributed by atoms with Crippen molar-refractivity contribution in [2.75, 3.05) is 5.73 Å². The highest BCUT2D eigenvalue weighted by atomic mass is 16.1. The van der Waals surface area contributed by atoms with Crippen LogP contribution in [0, 0.1) is 13.8 Å². The van der Waals surface area contributed by atoms with Crippen molar-refractivity contribution >= 4 is 5.69 Å². The average Bonchev–Trinajstić information content (AvgIpc) is 2.32. The number of nitrogen functional groups attached to an aromatic ring is 1. The molecule has 2 aromatic rings. The molecule has 4 nitrogen and oxygen atoms in total. The van der Waals surface area contributed by atoms with Crippen LogP contribution in [0.5, 0.6) is 0 Å². The van der Waals surface area contributed by atoms with E-state index >= 15 is 0 Å². The molecule has 0 radical (unpaired) electrons. The topological polar surface area (TPSA) is 60.9 Å². The molecule has 0 bridgehead atoms. The zero-order valence-corrected chi connectivity index (χ0v) is 10.9. The molecule has 0 aliphatic carbocycles. The van der Waals surface area contributed by atoms with Gasteiger partial charge in [-0.1, -0.05) is 23.8 Å². The summed E-state index contributed by atoms with van der Waals surface area (Å²) < 4.78 is 1.39. The van der Waals surface area contributed by atoms with Gasteiger partial charge in [0.25, 0.3) is 5.56 Å². The van der Waals surface area contributed by atoms with Gasteiger partial charge >= 0.3 is 0 Å². The van der Waals surface area contributed by atoms with Crippen molar-refractivity contribution in [1.82, 2.24) is 9.78 Å². The van der Waals surface area contributed by atoms with Gasteiger partial charge in [0.1, 0.15) is 5.69 Å². The Bertz CT molecular complexity index is 644. The molecule has 1 aromatic carbocycles. The zero-order valence-electron chi connectivity index (χ0n) is 10.9. The van der Waals surface area contributed by atoms with Gasteiger partial charge in [0, 0.05) is 12.1 Å². The molecule has 0 aliphatic rings. The van der Waals surface area contributed by atoms with Crippen LogP contribution in [0.3, 0.4) is 0 Å². The van der Waals surface area contributed by atoms with Crippen LogP contribution >= 0.6 is 0 Å². The molecule has 4 heteroatoms. The molecular weight excluding hydrogens is 226 g/mol. The van der Waals surface area contributed by atoms with E-state index in [1.54, 1.807) is 6.07 Å². The summed E-state index contributed by atoms with van der Waals surface area (Å²) in [4.78, 5) is 11.7. The van der Waals surface area contributed by atoms with Gasteiger partial charge in [-0.25, -0.2) is 4.68 Å². The highest BCUT2D eigenvalue weighted by molar-refractivity contribution is 5.66. The maximum Gasteiger partial charge on any atom is 0.289 e. The molecule has 0 amide bonds. The highest BCUT2D eigenvalue weighted by Crippen LogP contribution is 2.22. The molecule has 0 spiro atoms. The molecule has 94 valence electrons. The number of rotatable bonds is 2. The minimum Gasteiger partial charge on any atom is -0.394 e. The Balaban J connectivity index is 2.64. The molecule has 0 atom stereocenters. The van der Waals surface area contributed by atoms with Crippen molar-refractivity contribution in [1.29, 1.82) is 0 Å². The summed E-state index contributed by atoms with van der Waals surface area (Å²) in [6.45, 7) is 6.47. The fourth-order valence-electron chi connectivity index (χ4n) is 2.01. The summed E-state index contributed by atoms with van der Waals surface area (Å²) in [5.74, 6) is 0. The van der Waals surface area contributed by atoms with Crippen LogP contribution in [0.25, 0.3) is 11.3 Å². The van der Waals surface area contributed by atoms with E-state index in [0.717, 1.165) is 16.8 Å². The van der Waals surface area contributed by atoms with E-state index in [-0.39, 0.29) is 11.2 Å². The van der Waals surface area contributed by atoms with Gasteiger partial charge in [-0.3, -0.25) is 4.79 Å². The molecule has 2 rings (SSSR count). The number of aryl methyl sites for hydroxylation is 3. The lowest BCUT2D eigenvalue weighted by Gasteiger charge is -2.09. The van der Waals surface area contributed by atoms with Crippen LogP contribution in [0.1, 0.15) is 18.1 Å². The first-order valence-electron chi connectivity index (χ1n) is 5.98. The molecule has 1 aromatic heterocycles. The lowest BCUT2D eigenvalue weighted by Crippen LogP contribution is -2.25. The summed E-state index contributed by atoms with van der Waals surface area (Å²) >= 11 is 0. The maximum atomic E-state index is 11.7. The third-order valence-electron chi connectivity index (χ3n) is 2.96. The minimum atomic E-state index is -0.231. The van der Waals surface area contributed by atoms with Gasteiger partial charge in [0.15, 0.2) is 0 Å². The number of anilines is 1. The smallest absolute Gasteiger partial charge is 0.289 e. The SMILES string of the molecule is CCn1nc(-c2ccc(C)cc2C)cc(N)c1=O. The summed E-state index contributed by atoms with van der Waals surface area (Å²) in [5, 5.41) is 4.34. The van der Waals surface area contributed by atoms with Crippen molar-refractivity contribution < 1.29 is 0 Å². The molecule has 0 fully saturated rings. The Morgan fingerprint density at radius 1 is 1.28 bits per heavy atom. The Kier molecular flexibility index (Phi) is 3.19. The predicted octanol–water partition coefficient (Wildman–Crippen LogP) is 2.13. The first kappa shape index (κ1) is 12.4. The Hall–Kier alpha value is -2.10. The van der Waals surface area contributed by atoms with Crippen molar-refractivity contribution in [3.63, 3.8) is 0 Å². The van der Waals surface area contributed by atoms with Crippen LogP contribution in [0.2, 0.25) is 0 Å². The van der Waals surface area contributed by atoms with E-state index in [4.69, 9.17) is 5.73 Å². The van der Waals surface area contributed by atoms with Crippen LogP contribution in [0.4, 0.5) is 5.69 Å². The number of hydrogen-bond donors (Lipinski definition) is 1. The molecule has 18 heavy (non-hydrogen) atoms. The van der Waals surface area contributed by atoms with Gasteiger partial charge in [-0.2, -0.15) is 5.10 Å². The molecule has 0 saturated carbocycles. The number of aromatic nitrogens is 2. The number of nitrogens with zero attached hydrogens (tertiary/aromatic N) is 2. The van der Waals surface area contributed by atoms with Gasteiger partial charge < -0.3 is 5.73 Å². The van der Waals surface area contributed by atoms with E-state index in [9.17, 15) is 4.79 Å². The molecule has 0 saturated heterocycles. The van der Waals surface area contributed by atoms with E-state index in [2.05, 4.69) is 11.2 Å². The van der Waals surface area contributed by atoms with E-state index in [0.29, 0.717) is 6.54 Å².